The molecule has 2 nitrogen and oxygen atoms in total. The molecule has 0 heterocycles. The number of benzene rings is 1. The molecule has 0 aliphatic heterocycles. The summed E-state index contributed by atoms with van der Waals surface area (Å²) >= 11 is 3.22. The third kappa shape index (κ3) is 2.05. The Morgan fingerprint density at radius 2 is 2.00 bits per heavy atom. The lowest BCUT2D eigenvalue weighted by Crippen LogP contribution is -2.01. The molecule has 1 rings (SSSR count). The average Bonchev–Trinajstić information content (AvgIpc) is 2.09. The summed E-state index contributed by atoms with van der Waals surface area (Å²) in [6.07, 6.45) is 0. The van der Waals surface area contributed by atoms with E-state index < -0.39 is 0 Å². The lowest BCUT2D eigenvalue weighted by Gasteiger charge is -1.97. The lowest BCUT2D eigenvalue weighted by atomic mass is 10.1. The van der Waals surface area contributed by atoms with Crippen molar-refractivity contribution in [3.8, 4) is 0 Å². The van der Waals surface area contributed by atoms with Crippen LogP contribution in [0.2, 0.25) is 0 Å². The molecule has 0 bridgehead atoms. The SMILES string of the molecule is O/N=C(/CBr)c1ccccc1. The minimum atomic E-state index is 0.563. The second-order valence-corrected chi connectivity index (χ2v) is 2.61. The number of alkyl halides is 1. The van der Waals surface area contributed by atoms with Crippen molar-refractivity contribution in [2.75, 3.05) is 5.33 Å². The van der Waals surface area contributed by atoms with Crippen molar-refractivity contribution in [1.82, 2.24) is 0 Å². The summed E-state index contributed by atoms with van der Waals surface area (Å²) in [5.74, 6) is 0. The maximum Gasteiger partial charge on any atom is 0.0973 e. The Hall–Kier alpha value is -0.830. The van der Waals surface area contributed by atoms with E-state index in [0.717, 1.165) is 5.56 Å². The summed E-state index contributed by atoms with van der Waals surface area (Å²) in [7, 11) is 0. The molecular weight excluding hydrogens is 206 g/mol. The molecule has 1 N–H and O–H groups in total. The van der Waals surface area contributed by atoms with Crippen LogP contribution in [0, 0.1) is 0 Å². The summed E-state index contributed by atoms with van der Waals surface area (Å²) in [5.41, 5.74) is 1.58. The second kappa shape index (κ2) is 4.13. The van der Waals surface area contributed by atoms with Crippen LogP contribution in [-0.2, 0) is 0 Å². The maximum absolute atomic E-state index is 8.54. The Morgan fingerprint density at radius 1 is 1.36 bits per heavy atom. The van der Waals surface area contributed by atoms with E-state index >= 15 is 0 Å². The number of hydrogen-bond donors (Lipinski definition) is 1. The fourth-order valence-corrected chi connectivity index (χ4v) is 1.23. The predicted octanol–water partition coefficient (Wildman–Crippen LogP) is 2.26. The van der Waals surface area contributed by atoms with Crippen molar-refractivity contribution < 1.29 is 5.21 Å². The van der Waals surface area contributed by atoms with Crippen LogP contribution >= 0.6 is 15.9 Å². The van der Waals surface area contributed by atoms with Crippen LogP contribution in [0.3, 0.4) is 0 Å². The minimum Gasteiger partial charge on any atom is -0.411 e. The molecule has 0 radical (unpaired) electrons. The van der Waals surface area contributed by atoms with E-state index in [1.165, 1.54) is 0 Å². The molecule has 0 fully saturated rings. The van der Waals surface area contributed by atoms with Crippen LogP contribution in [0.5, 0.6) is 0 Å². The first-order valence-corrected chi connectivity index (χ1v) is 4.33. The van der Waals surface area contributed by atoms with Crippen LogP contribution < -0.4 is 0 Å². The van der Waals surface area contributed by atoms with Gasteiger partial charge in [0.05, 0.1) is 5.71 Å². The molecule has 0 saturated heterocycles. The smallest absolute Gasteiger partial charge is 0.0973 e. The molecule has 0 saturated carbocycles. The Morgan fingerprint density at radius 3 is 2.45 bits per heavy atom. The fraction of sp³-hybridized carbons (Fsp3) is 0.125. The van der Waals surface area contributed by atoms with Gasteiger partial charge in [0.1, 0.15) is 0 Å². The number of halogens is 1. The second-order valence-electron chi connectivity index (χ2n) is 2.05. The van der Waals surface area contributed by atoms with Crippen molar-refractivity contribution in [3.63, 3.8) is 0 Å². The van der Waals surface area contributed by atoms with E-state index in [1.54, 1.807) is 0 Å². The van der Waals surface area contributed by atoms with Gasteiger partial charge in [0.25, 0.3) is 0 Å². The van der Waals surface area contributed by atoms with E-state index in [-0.39, 0.29) is 0 Å². The molecule has 0 atom stereocenters. The topological polar surface area (TPSA) is 32.6 Å². The number of nitrogens with zero attached hydrogens (tertiary/aromatic N) is 1. The molecule has 1 aromatic carbocycles. The summed E-state index contributed by atoms with van der Waals surface area (Å²) in [6.45, 7) is 0. The van der Waals surface area contributed by atoms with Gasteiger partial charge >= 0.3 is 0 Å². The monoisotopic (exact) mass is 213 g/mol. The van der Waals surface area contributed by atoms with E-state index in [0.29, 0.717) is 11.0 Å². The zero-order valence-corrected chi connectivity index (χ0v) is 7.45. The van der Waals surface area contributed by atoms with E-state index in [1.807, 2.05) is 30.3 Å². The highest BCUT2D eigenvalue weighted by Crippen LogP contribution is 2.02. The van der Waals surface area contributed by atoms with Gasteiger partial charge in [0, 0.05) is 10.9 Å². The summed E-state index contributed by atoms with van der Waals surface area (Å²) in [6, 6.07) is 9.53. The van der Waals surface area contributed by atoms with Gasteiger partial charge in [0.15, 0.2) is 0 Å². The van der Waals surface area contributed by atoms with Crippen molar-refractivity contribution in [1.29, 1.82) is 0 Å². The first kappa shape index (κ1) is 8.27. The number of oxime groups is 1. The van der Waals surface area contributed by atoms with Gasteiger partial charge < -0.3 is 5.21 Å². The van der Waals surface area contributed by atoms with Gasteiger partial charge in [0.2, 0.25) is 0 Å². The fourth-order valence-electron chi connectivity index (χ4n) is 0.792. The highest BCUT2D eigenvalue weighted by atomic mass is 79.9. The van der Waals surface area contributed by atoms with Gasteiger partial charge in [-0.15, -0.1) is 0 Å². The van der Waals surface area contributed by atoms with Gasteiger partial charge in [-0.05, 0) is 0 Å². The summed E-state index contributed by atoms with van der Waals surface area (Å²) in [5, 5.41) is 12.2. The van der Waals surface area contributed by atoms with E-state index in [9.17, 15) is 0 Å². The summed E-state index contributed by atoms with van der Waals surface area (Å²) < 4.78 is 0. The third-order valence-electron chi connectivity index (χ3n) is 1.35. The third-order valence-corrected chi connectivity index (χ3v) is 1.89. The van der Waals surface area contributed by atoms with Crippen molar-refractivity contribution in [2.45, 2.75) is 0 Å². The molecule has 0 unspecified atom stereocenters. The molecule has 3 heteroatoms. The van der Waals surface area contributed by atoms with Gasteiger partial charge in [-0.1, -0.05) is 51.4 Å². The van der Waals surface area contributed by atoms with Gasteiger partial charge in [-0.2, -0.15) is 0 Å². The van der Waals surface area contributed by atoms with E-state index in [4.69, 9.17) is 5.21 Å². The van der Waals surface area contributed by atoms with Crippen LogP contribution in [0.15, 0.2) is 35.5 Å². The molecule has 0 amide bonds. The highest BCUT2D eigenvalue weighted by Gasteiger charge is 1.99. The Labute approximate surface area is 73.7 Å². The normalized spacial score (nSPS) is 11.5. The van der Waals surface area contributed by atoms with Crippen molar-refractivity contribution in [3.05, 3.63) is 35.9 Å². The lowest BCUT2D eigenvalue weighted by molar-refractivity contribution is 0.319. The Balaban J connectivity index is 2.92. The molecule has 0 aliphatic carbocycles. The Kier molecular flexibility index (Phi) is 3.11. The number of rotatable bonds is 2. The zero-order valence-electron chi connectivity index (χ0n) is 5.87. The van der Waals surface area contributed by atoms with Gasteiger partial charge in [-0.3, -0.25) is 0 Å². The quantitative estimate of drug-likeness (QED) is 0.348. The van der Waals surface area contributed by atoms with Crippen molar-refractivity contribution in [2.24, 2.45) is 5.16 Å². The van der Waals surface area contributed by atoms with Gasteiger partial charge in [-0.25, -0.2) is 0 Å². The standard InChI is InChI=1S/C8H8BrNO/c9-6-8(10-11)7-4-2-1-3-5-7/h1-5,11H,6H2/b10-8-. The highest BCUT2D eigenvalue weighted by molar-refractivity contribution is 9.09. The first-order chi connectivity index (χ1) is 5.38. The van der Waals surface area contributed by atoms with Crippen LogP contribution in [-0.4, -0.2) is 16.2 Å². The van der Waals surface area contributed by atoms with Crippen LogP contribution in [0.25, 0.3) is 0 Å². The molecule has 1 aromatic rings. The van der Waals surface area contributed by atoms with E-state index in [2.05, 4.69) is 21.1 Å². The maximum atomic E-state index is 8.54. The average molecular weight is 214 g/mol. The molecule has 58 valence electrons. The molecule has 0 spiro atoms. The predicted molar refractivity (Wildman–Crippen MR) is 48.6 cm³/mol. The van der Waals surface area contributed by atoms with Crippen LogP contribution in [0.1, 0.15) is 5.56 Å². The van der Waals surface area contributed by atoms with Crippen molar-refractivity contribution >= 4 is 21.6 Å². The first-order valence-electron chi connectivity index (χ1n) is 3.21. The molecule has 0 aromatic heterocycles. The minimum absolute atomic E-state index is 0.563. The number of hydrogen-bond acceptors (Lipinski definition) is 2. The molecule has 11 heavy (non-hydrogen) atoms. The summed E-state index contributed by atoms with van der Waals surface area (Å²) in [4.78, 5) is 0. The molecule has 0 aliphatic rings. The van der Waals surface area contributed by atoms with Crippen LogP contribution in [0.4, 0.5) is 0 Å². The zero-order chi connectivity index (χ0) is 8.10. The largest absolute Gasteiger partial charge is 0.411 e. The molecular formula is C8H8BrNO. The Bertz CT molecular complexity index is 246.